The first kappa shape index (κ1) is 89.6. The van der Waals surface area contributed by atoms with Gasteiger partial charge in [-0.2, -0.15) is 0 Å². The van der Waals surface area contributed by atoms with Crippen molar-refractivity contribution in [1.29, 1.82) is 0 Å². The van der Waals surface area contributed by atoms with E-state index in [2.05, 4.69) is 64.1 Å². The van der Waals surface area contributed by atoms with Gasteiger partial charge in [0.25, 0.3) is 0 Å². The average molecular weight is 1460 g/mol. The Balaban J connectivity index is 0.000000213. The maximum Gasteiger partial charge on any atom is 0.140 e. The monoisotopic (exact) mass is 1460 g/mol. The molecule has 4 aromatic heterocycles. The summed E-state index contributed by atoms with van der Waals surface area (Å²) in [7, 11) is 12.3. The van der Waals surface area contributed by atoms with Crippen LogP contribution in [0.4, 0.5) is 0 Å². The van der Waals surface area contributed by atoms with E-state index in [-0.39, 0.29) is 31.8 Å². The lowest BCUT2D eigenvalue weighted by Crippen LogP contribution is -2.46. The van der Waals surface area contributed by atoms with Crippen molar-refractivity contribution in [2.75, 3.05) is 180 Å². The van der Waals surface area contributed by atoms with Crippen LogP contribution in [0.15, 0.2) is 94.9 Å². The van der Waals surface area contributed by atoms with Crippen LogP contribution in [0.5, 0.6) is 0 Å². The molecule has 12 heterocycles. The quantitative estimate of drug-likeness (QED) is 0.0760. The van der Waals surface area contributed by atoms with Crippen LogP contribution in [0.25, 0.3) is 0 Å². The van der Waals surface area contributed by atoms with E-state index in [1.807, 2.05) is 28.2 Å². The fourth-order valence-electron chi connectivity index (χ4n) is 14.0. The van der Waals surface area contributed by atoms with E-state index >= 15 is 0 Å². The van der Waals surface area contributed by atoms with E-state index in [0.29, 0.717) is 86.7 Å². The van der Waals surface area contributed by atoms with Gasteiger partial charge in [-0.3, -0.25) is 9.97 Å². The van der Waals surface area contributed by atoms with Crippen LogP contribution in [0.3, 0.4) is 0 Å². The van der Waals surface area contributed by atoms with Gasteiger partial charge in [0.05, 0.1) is 74.2 Å². The Labute approximate surface area is 612 Å². The molecule has 0 aliphatic carbocycles. The number of hydrogen-bond donors (Lipinski definition) is 17. The van der Waals surface area contributed by atoms with Crippen molar-refractivity contribution in [3.63, 3.8) is 0 Å². The molecule has 8 fully saturated rings. The number of nitrogens with zero attached hydrogens (tertiary/aromatic N) is 8. The molecule has 4 aromatic rings. The van der Waals surface area contributed by atoms with Gasteiger partial charge in [0.2, 0.25) is 0 Å². The van der Waals surface area contributed by atoms with Crippen molar-refractivity contribution < 1.29 is 85.4 Å². The third-order valence-corrected chi connectivity index (χ3v) is 22.5. The second kappa shape index (κ2) is 46.3. The van der Waals surface area contributed by atoms with E-state index in [0.717, 1.165) is 148 Å². The molecule has 27 heteroatoms. The van der Waals surface area contributed by atoms with E-state index in [1.165, 1.54) is 44.7 Å². The minimum atomic E-state index is -1.04. The van der Waals surface area contributed by atoms with Crippen molar-refractivity contribution >= 4 is 0 Å². The highest BCUT2D eigenvalue weighted by atomic mass is 16.4. The van der Waals surface area contributed by atoms with Crippen LogP contribution in [0.2, 0.25) is 0 Å². The highest BCUT2D eigenvalue weighted by Crippen LogP contribution is 2.38. The lowest BCUT2D eigenvalue weighted by Gasteiger charge is -2.39. The number of likely N-dealkylation sites (tertiary alicyclic amines) is 6. The Morgan fingerprint density at radius 1 is 0.427 bits per heavy atom. The highest BCUT2D eigenvalue weighted by molar-refractivity contribution is 5.19. The molecule has 0 amide bonds. The van der Waals surface area contributed by atoms with Crippen LogP contribution in [0, 0.1) is 23.2 Å². The van der Waals surface area contributed by atoms with Gasteiger partial charge in [0, 0.05) is 100 Å². The number of aliphatic hydroxyl groups excluding tert-OH is 11. The fourth-order valence-corrected chi connectivity index (χ4v) is 14.0. The van der Waals surface area contributed by atoms with Gasteiger partial charge < -0.3 is 125 Å². The molecule has 4 unspecified atom stereocenters. The summed E-state index contributed by atoms with van der Waals surface area (Å²) in [6.45, 7) is 15.2. The van der Waals surface area contributed by atoms with Gasteiger partial charge in [0.15, 0.2) is 0 Å². The SMILES string of the molecule is CN1CCC(CCO)CC1.CN1CCC(CO)(CO)CC1.CN1CCC(O)(C(O)c2cccnc2)CC1.CN1CCC(O)(C(O)c2ccco2)CC1.CN1CCC(O)(C(O)c2ccncc2)CC1.CN1CCC(O)(C(O)c2ccoc2)CC1.OC[C@@H](O)C1CCNCC1.OC[C@H](O)C1CCNCC1. The fraction of sp³-hybridized carbons (Fsp3) is 0.763. The van der Waals surface area contributed by atoms with E-state index in [9.17, 15) is 51.1 Å². The zero-order chi connectivity index (χ0) is 75.5. The van der Waals surface area contributed by atoms with Crippen LogP contribution in [0.1, 0.15) is 156 Å². The first-order chi connectivity index (χ1) is 49.2. The van der Waals surface area contributed by atoms with Crippen LogP contribution in [-0.4, -0.2) is 331 Å². The Morgan fingerprint density at radius 2 is 0.816 bits per heavy atom. The summed E-state index contributed by atoms with van der Waals surface area (Å²) in [5, 5.41) is 151. The third-order valence-electron chi connectivity index (χ3n) is 22.5. The standard InChI is InChI=1S/2C12H18N2O2.2C11H17NO3.C8H17NO2.C8H17NO.2C7H15NO2/c1-14-8-4-12(16,5-9-14)11(15)10-2-6-13-7-3-10;1-14-7-4-12(16,5-8-14)11(15)10-3-2-6-13-9-10;1-12-5-3-11(14,4-6-12)10(13)9-2-7-15-8-9;1-12-6-4-11(14,5-7-12)10(13)9-3-2-8-15-9;1-9-4-2-8(6-10,7-11)3-5-9;1-9-5-2-8(3-6-9)4-7-10;2*9-5-7(10)6-1-3-8-4-2-6/h2-3,6-7,11,15-16H,4-5,8-9H2,1H3;2-3,6,9,11,15-16H,4-5,7-8H2,1H3;2,7-8,10,13-14H,3-6H2,1H3;2-3,8,10,13-14H,4-7H2,1H3;10-11H,2-7H2,1H3;8,10H,2-7H2,1H3;2*6-10H,1-5H2/t;;;;;;2*7-/m......10/s1. The molecule has 103 heavy (non-hydrogen) atoms. The Morgan fingerprint density at radius 3 is 1.17 bits per heavy atom. The third kappa shape index (κ3) is 30.1. The molecule has 8 aliphatic heterocycles. The normalized spacial score (nSPS) is 23.9. The Kier molecular flexibility index (Phi) is 40.3. The molecule has 12 rings (SSSR count). The Hall–Kier alpha value is -4.06. The van der Waals surface area contributed by atoms with Crippen molar-refractivity contribution in [2.24, 2.45) is 23.2 Å². The number of rotatable bonds is 16. The summed E-state index contributed by atoms with van der Waals surface area (Å²) in [6, 6.07) is 12.2. The molecule has 17 N–H and O–H groups in total. The average Bonchev–Trinajstić information content (AvgIpc) is 1.81. The number of pyridine rings is 2. The first-order valence-electron chi connectivity index (χ1n) is 37.6. The molecule has 0 aromatic carbocycles. The number of aromatic nitrogens is 2. The zero-order valence-electron chi connectivity index (χ0n) is 62.8. The number of aliphatic hydroxyl groups is 15. The maximum atomic E-state index is 10.4. The molecule has 6 atom stereocenters. The second-order valence-corrected chi connectivity index (χ2v) is 30.4. The van der Waals surface area contributed by atoms with Gasteiger partial charge >= 0.3 is 0 Å². The lowest BCUT2D eigenvalue weighted by molar-refractivity contribution is -0.115. The first-order valence-corrected chi connectivity index (χ1v) is 37.6. The number of hydrogen-bond acceptors (Lipinski definition) is 27. The molecule has 0 spiro atoms. The molecule has 0 saturated carbocycles. The number of piperidine rings is 8. The molecule has 27 nitrogen and oxygen atoms in total. The van der Waals surface area contributed by atoms with Gasteiger partial charge in [-0.25, -0.2) is 0 Å². The van der Waals surface area contributed by atoms with Crippen LogP contribution in [-0.2, 0) is 0 Å². The molecule has 8 saturated heterocycles. The minimum absolute atomic E-state index is 0.0926. The Bertz CT molecular complexity index is 2550. The molecule has 8 aliphatic rings. The van der Waals surface area contributed by atoms with Crippen LogP contribution >= 0.6 is 0 Å². The van der Waals surface area contributed by atoms with E-state index in [4.69, 9.17) is 34.4 Å². The summed E-state index contributed by atoms with van der Waals surface area (Å²) in [4.78, 5) is 21.1. The number of nitrogens with one attached hydrogen (secondary N) is 2. The lowest BCUT2D eigenvalue weighted by atomic mass is 9.80. The topological polar surface area (TPSA) is 399 Å². The summed E-state index contributed by atoms with van der Waals surface area (Å²) in [5.74, 6) is 1.86. The van der Waals surface area contributed by atoms with Gasteiger partial charge in [0.1, 0.15) is 35.8 Å². The van der Waals surface area contributed by atoms with E-state index in [1.54, 1.807) is 67.3 Å². The molecule has 0 bridgehead atoms. The highest BCUT2D eigenvalue weighted by Gasteiger charge is 2.43. The summed E-state index contributed by atoms with van der Waals surface area (Å²) >= 11 is 0. The summed E-state index contributed by atoms with van der Waals surface area (Å²) in [6.07, 6.45) is 20.7. The summed E-state index contributed by atoms with van der Waals surface area (Å²) < 4.78 is 10.0. The predicted molar refractivity (Wildman–Crippen MR) is 395 cm³/mol. The maximum absolute atomic E-state index is 10.4. The number of furan rings is 2. The molecule has 0 radical (unpaired) electrons. The van der Waals surface area contributed by atoms with E-state index < -0.39 is 59.0 Å². The molecular formula is C76H134N10O17. The smallest absolute Gasteiger partial charge is 0.140 e. The molecular weight excluding hydrogens is 1320 g/mol. The van der Waals surface area contributed by atoms with Crippen molar-refractivity contribution in [1.82, 2.24) is 50.0 Å². The van der Waals surface area contributed by atoms with Crippen molar-refractivity contribution in [3.8, 4) is 0 Å². The largest absolute Gasteiger partial charge is 0.472 e. The van der Waals surface area contributed by atoms with Crippen molar-refractivity contribution in [2.45, 2.75) is 168 Å². The minimum Gasteiger partial charge on any atom is -0.472 e. The molecule has 590 valence electrons. The second-order valence-electron chi connectivity index (χ2n) is 30.4. The van der Waals surface area contributed by atoms with Crippen LogP contribution < -0.4 is 10.6 Å². The van der Waals surface area contributed by atoms with Gasteiger partial charge in [-0.05, 0) is 264 Å². The summed E-state index contributed by atoms with van der Waals surface area (Å²) in [5.41, 5.74) is -2.14. The van der Waals surface area contributed by atoms with Gasteiger partial charge in [-0.15, -0.1) is 0 Å². The zero-order valence-corrected chi connectivity index (χ0v) is 62.8. The van der Waals surface area contributed by atoms with Crippen molar-refractivity contribution in [3.05, 3.63) is 108 Å². The predicted octanol–water partition coefficient (Wildman–Crippen LogP) is 1.75. The van der Waals surface area contributed by atoms with Gasteiger partial charge in [-0.1, -0.05) is 6.07 Å².